The van der Waals surface area contributed by atoms with Crippen LogP contribution in [0.5, 0.6) is 5.75 Å². The van der Waals surface area contributed by atoms with Crippen LogP contribution in [0.3, 0.4) is 0 Å². The smallest absolute Gasteiger partial charge is 0.410 e. The molecule has 0 unspecified atom stereocenters. The van der Waals surface area contributed by atoms with E-state index < -0.39 is 22.9 Å². The Hall–Kier alpha value is -3.85. The molecule has 0 aromatic carbocycles. The fourth-order valence-corrected chi connectivity index (χ4v) is 4.91. The van der Waals surface area contributed by atoms with Crippen LogP contribution in [0.1, 0.15) is 47.1 Å². The van der Waals surface area contributed by atoms with Gasteiger partial charge in [0.25, 0.3) is 0 Å². The lowest BCUT2D eigenvalue weighted by molar-refractivity contribution is 0.0202. The second kappa shape index (κ2) is 8.87. The molecule has 2 aliphatic heterocycles. The van der Waals surface area contributed by atoms with Crippen LogP contribution in [0.25, 0.3) is 16.9 Å². The van der Waals surface area contributed by atoms with Crippen LogP contribution in [-0.4, -0.2) is 73.2 Å². The molecule has 38 heavy (non-hydrogen) atoms. The van der Waals surface area contributed by atoms with E-state index in [0.717, 1.165) is 0 Å². The Morgan fingerprint density at radius 3 is 2.61 bits per heavy atom. The Kier molecular flexibility index (Phi) is 6.02. The van der Waals surface area contributed by atoms with E-state index in [1.165, 1.54) is 10.8 Å². The van der Waals surface area contributed by atoms with Gasteiger partial charge in [-0.2, -0.15) is 15.3 Å². The number of anilines is 1. The van der Waals surface area contributed by atoms with E-state index in [0.29, 0.717) is 36.6 Å². The molecular weight excluding hydrogens is 512 g/mol. The summed E-state index contributed by atoms with van der Waals surface area (Å²) in [6, 6.07) is 3.41. The number of hydrogen-bond donors (Lipinski definition) is 0. The van der Waals surface area contributed by atoms with Crippen LogP contribution in [0.15, 0.2) is 17.1 Å². The first-order chi connectivity index (χ1) is 17.8. The standard InChI is InChI=1S/C25H29ClN8O4/c1-24(2,3)34-21(14(10-27)11-28-34)33-20-18-16(9-17(26)29-20)37-13-15-12-31(23(36)38-25(4,5)6)7-8-32(15)19(18)30-22(33)35/h9,11,15H,7-8,12-13H2,1-6H3/t15-/m1/s1. The van der Waals surface area contributed by atoms with E-state index in [4.69, 9.17) is 21.1 Å². The Morgan fingerprint density at radius 1 is 1.21 bits per heavy atom. The molecule has 1 amide bonds. The third kappa shape index (κ3) is 4.41. The Labute approximate surface area is 224 Å². The van der Waals surface area contributed by atoms with Gasteiger partial charge < -0.3 is 19.3 Å². The van der Waals surface area contributed by atoms with Gasteiger partial charge in [-0.15, -0.1) is 0 Å². The van der Waals surface area contributed by atoms with Gasteiger partial charge in [-0.1, -0.05) is 11.6 Å². The monoisotopic (exact) mass is 540 g/mol. The molecular formula is C25H29ClN8O4. The van der Waals surface area contributed by atoms with Crippen molar-refractivity contribution in [1.82, 2.24) is 29.2 Å². The third-order valence-corrected chi connectivity index (χ3v) is 6.50. The number of halogens is 1. The zero-order valence-corrected chi connectivity index (χ0v) is 22.9. The van der Waals surface area contributed by atoms with Gasteiger partial charge in [-0.05, 0) is 41.5 Å². The summed E-state index contributed by atoms with van der Waals surface area (Å²) >= 11 is 6.40. The number of pyridine rings is 1. The number of piperazine rings is 1. The maximum absolute atomic E-state index is 13.7. The quantitative estimate of drug-likeness (QED) is 0.427. The normalized spacial score (nSPS) is 17.5. The molecule has 0 bridgehead atoms. The fourth-order valence-electron chi connectivity index (χ4n) is 4.73. The molecule has 1 atom stereocenters. The van der Waals surface area contributed by atoms with Crippen LogP contribution in [-0.2, 0) is 10.3 Å². The lowest BCUT2D eigenvalue weighted by Gasteiger charge is -2.41. The lowest BCUT2D eigenvalue weighted by Crippen LogP contribution is -2.57. The van der Waals surface area contributed by atoms with E-state index in [-0.39, 0.29) is 34.8 Å². The van der Waals surface area contributed by atoms with Crippen molar-refractivity contribution in [2.45, 2.75) is 58.7 Å². The molecule has 0 saturated carbocycles. The maximum atomic E-state index is 13.7. The highest BCUT2D eigenvalue weighted by Gasteiger charge is 2.38. The SMILES string of the molecule is CC(C)(C)OC(=O)N1CCN2c3nc(=O)n(-c4c(C#N)cnn4C(C)(C)C)c4nc(Cl)cc(c34)OC[C@H]2C1. The zero-order chi connectivity index (χ0) is 27.6. The Morgan fingerprint density at radius 2 is 1.95 bits per heavy atom. The topological polar surface area (TPSA) is 131 Å². The highest BCUT2D eigenvalue weighted by atomic mass is 35.5. The minimum absolute atomic E-state index is 0.119. The Balaban J connectivity index is 1.67. The van der Waals surface area contributed by atoms with Gasteiger partial charge in [0.1, 0.15) is 45.9 Å². The fraction of sp³-hybridized carbons (Fsp3) is 0.520. The predicted molar refractivity (Wildman–Crippen MR) is 140 cm³/mol. The summed E-state index contributed by atoms with van der Waals surface area (Å²) in [5, 5.41) is 14.8. The minimum Gasteiger partial charge on any atom is -0.490 e. The molecule has 3 aromatic rings. The van der Waals surface area contributed by atoms with Crippen molar-refractivity contribution < 1.29 is 14.3 Å². The van der Waals surface area contributed by atoms with Crippen molar-refractivity contribution in [2.75, 3.05) is 31.1 Å². The van der Waals surface area contributed by atoms with Crippen LogP contribution < -0.4 is 15.3 Å². The third-order valence-electron chi connectivity index (χ3n) is 6.31. The predicted octanol–water partition coefficient (Wildman–Crippen LogP) is 3.08. The summed E-state index contributed by atoms with van der Waals surface area (Å²) in [5.74, 6) is 1.06. The van der Waals surface area contributed by atoms with Gasteiger partial charge in [-0.3, -0.25) is 0 Å². The van der Waals surface area contributed by atoms with E-state index in [9.17, 15) is 14.9 Å². The first-order valence-electron chi connectivity index (χ1n) is 12.3. The van der Waals surface area contributed by atoms with Crippen LogP contribution in [0, 0.1) is 11.3 Å². The van der Waals surface area contributed by atoms with Gasteiger partial charge in [-0.25, -0.2) is 23.8 Å². The van der Waals surface area contributed by atoms with Crippen LogP contribution in [0.4, 0.5) is 10.6 Å². The second-order valence-corrected chi connectivity index (χ2v) is 11.7. The highest BCUT2D eigenvalue weighted by Crippen LogP contribution is 2.38. The molecule has 1 fully saturated rings. The molecule has 200 valence electrons. The summed E-state index contributed by atoms with van der Waals surface area (Å²) in [6.07, 6.45) is 1.01. The van der Waals surface area contributed by atoms with Gasteiger partial charge in [0.2, 0.25) is 0 Å². The first-order valence-corrected chi connectivity index (χ1v) is 12.7. The van der Waals surface area contributed by atoms with E-state index in [1.807, 2.05) is 46.4 Å². The molecule has 0 radical (unpaired) electrons. The number of carbonyl (C=O) groups excluding carboxylic acids is 1. The number of amides is 1. The summed E-state index contributed by atoms with van der Waals surface area (Å²) in [7, 11) is 0. The molecule has 5 rings (SSSR count). The molecule has 0 aliphatic carbocycles. The zero-order valence-electron chi connectivity index (χ0n) is 22.1. The van der Waals surface area contributed by atoms with Crippen molar-refractivity contribution in [3.05, 3.63) is 33.5 Å². The molecule has 0 N–H and O–H groups in total. The van der Waals surface area contributed by atoms with Gasteiger partial charge in [0.15, 0.2) is 11.5 Å². The molecule has 12 nitrogen and oxygen atoms in total. The van der Waals surface area contributed by atoms with E-state index in [2.05, 4.69) is 21.1 Å². The molecule has 0 spiro atoms. The minimum atomic E-state index is -0.633. The first kappa shape index (κ1) is 25.8. The number of ether oxygens (including phenoxy) is 2. The molecule has 2 aliphatic rings. The average Bonchev–Trinajstić information content (AvgIpc) is 3.18. The van der Waals surface area contributed by atoms with Crippen LogP contribution in [0.2, 0.25) is 5.15 Å². The number of carbonyl (C=O) groups is 1. The van der Waals surface area contributed by atoms with E-state index >= 15 is 0 Å². The molecule has 5 heterocycles. The number of aromatic nitrogens is 5. The molecule has 3 aromatic heterocycles. The number of nitriles is 1. The van der Waals surface area contributed by atoms with Crippen molar-refractivity contribution in [2.24, 2.45) is 0 Å². The summed E-state index contributed by atoms with van der Waals surface area (Å²) in [5.41, 5.74) is -1.40. The second-order valence-electron chi connectivity index (χ2n) is 11.4. The number of fused-ring (bicyclic) bond motifs is 2. The summed E-state index contributed by atoms with van der Waals surface area (Å²) in [6.45, 7) is 12.5. The molecule has 13 heteroatoms. The van der Waals surface area contributed by atoms with E-state index in [1.54, 1.807) is 15.6 Å². The van der Waals surface area contributed by atoms with Gasteiger partial charge >= 0.3 is 11.8 Å². The van der Waals surface area contributed by atoms with Crippen molar-refractivity contribution in [1.29, 1.82) is 5.26 Å². The van der Waals surface area contributed by atoms with Crippen molar-refractivity contribution in [3.8, 4) is 17.6 Å². The number of hydrogen-bond acceptors (Lipinski definition) is 9. The number of nitrogens with zero attached hydrogens (tertiary/aromatic N) is 8. The van der Waals surface area contributed by atoms with Crippen LogP contribution >= 0.6 is 11.6 Å². The van der Waals surface area contributed by atoms with Crippen molar-refractivity contribution >= 4 is 34.5 Å². The summed E-state index contributed by atoms with van der Waals surface area (Å²) < 4.78 is 14.6. The van der Waals surface area contributed by atoms with Gasteiger partial charge in [0, 0.05) is 25.7 Å². The highest BCUT2D eigenvalue weighted by molar-refractivity contribution is 6.30. The average molecular weight is 541 g/mol. The van der Waals surface area contributed by atoms with Gasteiger partial charge in [0.05, 0.1) is 17.8 Å². The number of rotatable bonds is 1. The Bertz CT molecular complexity index is 1540. The maximum Gasteiger partial charge on any atom is 0.410 e. The largest absolute Gasteiger partial charge is 0.490 e. The lowest BCUT2D eigenvalue weighted by atomic mass is 10.1. The van der Waals surface area contributed by atoms with Crippen molar-refractivity contribution in [3.63, 3.8) is 0 Å². The molecule has 1 saturated heterocycles. The summed E-state index contributed by atoms with van der Waals surface area (Å²) in [4.78, 5) is 39.0.